The first-order valence-electron chi connectivity index (χ1n) is 4.25. The molecule has 4 heteroatoms. The minimum atomic E-state index is -0.246. The molecule has 1 aromatic carbocycles. The Kier molecular flexibility index (Phi) is 3.77. The number of benzene rings is 1. The number of para-hydroxylation sites is 1. The first-order chi connectivity index (χ1) is 6.65. The van der Waals surface area contributed by atoms with Crippen molar-refractivity contribution in [3.8, 4) is 0 Å². The molecular formula is C10H12ClNO2. The summed E-state index contributed by atoms with van der Waals surface area (Å²) in [4.78, 5) is 10.9. The van der Waals surface area contributed by atoms with E-state index in [1.807, 2.05) is 12.1 Å². The Morgan fingerprint density at radius 1 is 1.57 bits per heavy atom. The smallest absolute Gasteiger partial charge is 0.305 e. The van der Waals surface area contributed by atoms with Gasteiger partial charge in [-0.15, -0.1) is 0 Å². The van der Waals surface area contributed by atoms with E-state index in [-0.39, 0.29) is 5.97 Å². The molecule has 0 spiro atoms. The fourth-order valence-electron chi connectivity index (χ4n) is 1.14. The normalized spacial score (nSPS) is 9.86. The van der Waals surface area contributed by atoms with Crippen LogP contribution < -0.4 is 5.73 Å². The van der Waals surface area contributed by atoms with Crippen molar-refractivity contribution in [2.24, 2.45) is 0 Å². The molecule has 0 saturated heterocycles. The highest BCUT2D eigenvalue weighted by atomic mass is 35.5. The van der Waals surface area contributed by atoms with Gasteiger partial charge in [-0.2, -0.15) is 0 Å². The topological polar surface area (TPSA) is 52.3 Å². The van der Waals surface area contributed by atoms with Crippen molar-refractivity contribution in [1.29, 1.82) is 0 Å². The number of nitrogens with two attached hydrogens (primary N) is 1. The summed E-state index contributed by atoms with van der Waals surface area (Å²) >= 11 is 5.82. The lowest BCUT2D eigenvalue weighted by Gasteiger charge is -2.05. The molecule has 0 atom stereocenters. The van der Waals surface area contributed by atoms with Gasteiger partial charge >= 0.3 is 5.97 Å². The largest absolute Gasteiger partial charge is 0.469 e. The molecule has 0 aliphatic carbocycles. The zero-order valence-corrected chi connectivity index (χ0v) is 8.67. The maximum atomic E-state index is 10.9. The van der Waals surface area contributed by atoms with Gasteiger partial charge in [-0.25, -0.2) is 0 Å². The zero-order valence-electron chi connectivity index (χ0n) is 7.92. The average molecular weight is 214 g/mol. The molecule has 0 aromatic heterocycles. The third-order valence-electron chi connectivity index (χ3n) is 1.97. The Morgan fingerprint density at radius 3 is 2.93 bits per heavy atom. The Morgan fingerprint density at radius 2 is 2.29 bits per heavy atom. The molecule has 0 radical (unpaired) electrons. The lowest BCUT2D eigenvalue weighted by atomic mass is 10.1. The van der Waals surface area contributed by atoms with Crippen molar-refractivity contribution in [1.82, 2.24) is 0 Å². The molecule has 0 aliphatic heterocycles. The van der Waals surface area contributed by atoms with Gasteiger partial charge < -0.3 is 10.5 Å². The van der Waals surface area contributed by atoms with Gasteiger partial charge in [-0.05, 0) is 18.1 Å². The third kappa shape index (κ3) is 2.64. The lowest BCUT2D eigenvalue weighted by Crippen LogP contribution is -2.03. The van der Waals surface area contributed by atoms with Crippen LogP contribution in [0.15, 0.2) is 18.2 Å². The second kappa shape index (κ2) is 4.86. The number of rotatable bonds is 3. The zero-order chi connectivity index (χ0) is 10.6. The molecule has 14 heavy (non-hydrogen) atoms. The molecule has 0 heterocycles. The number of methoxy groups -OCH3 is 1. The monoisotopic (exact) mass is 213 g/mol. The Bertz CT molecular complexity index is 339. The summed E-state index contributed by atoms with van der Waals surface area (Å²) in [7, 11) is 1.36. The molecule has 76 valence electrons. The van der Waals surface area contributed by atoms with Crippen LogP contribution in [0.1, 0.15) is 12.0 Å². The van der Waals surface area contributed by atoms with Crippen LogP contribution in [-0.4, -0.2) is 13.1 Å². The van der Waals surface area contributed by atoms with Crippen LogP contribution >= 0.6 is 11.6 Å². The minimum absolute atomic E-state index is 0.246. The van der Waals surface area contributed by atoms with Crippen molar-refractivity contribution in [3.63, 3.8) is 0 Å². The molecule has 0 saturated carbocycles. The number of aryl methyl sites for hydroxylation is 1. The Balaban J connectivity index is 2.68. The van der Waals surface area contributed by atoms with E-state index in [1.54, 1.807) is 6.07 Å². The van der Waals surface area contributed by atoms with E-state index in [1.165, 1.54) is 7.11 Å². The van der Waals surface area contributed by atoms with Crippen molar-refractivity contribution in [2.45, 2.75) is 12.8 Å². The van der Waals surface area contributed by atoms with E-state index in [0.717, 1.165) is 5.56 Å². The van der Waals surface area contributed by atoms with Gasteiger partial charge in [0.15, 0.2) is 0 Å². The van der Waals surface area contributed by atoms with Crippen LogP contribution in [0.25, 0.3) is 0 Å². The highest BCUT2D eigenvalue weighted by Gasteiger charge is 2.06. The second-order valence-electron chi connectivity index (χ2n) is 2.89. The number of anilines is 1. The van der Waals surface area contributed by atoms with E-state index in [0.29, 0.717) is 23.6 Å². The summed E-state index contributed by atoms with van der Waals surface area (Å²) < 4.78 is 4.53. The highest BCUT2D eigenvalue weighted by Crippen LogP contribution is 2.23. The van der Waals surface area contributed by atoms with Crippen LogP contribution in [0.4, 0.5) is 5.69 Å². The number of nitrogen functional groups attached to an aromatic ring is 1. The predicted octanol–water partition coefficient (Wildman–Crippen LogP) is 2.03. The second-order valence-corrected chi connectivity index (χ2v) is 3.30. The van der Waals surface area contributed by atoms with Gasteiger partial charge in [-0.3, -0.25) is 4.79 Å². The molecule has 3 nitrogen and oxygen atoms in total. The summed E-state index contributed by atoms with van der Waals surface area (Å²) in [6, 6.07) is 5.38. The number of ether oxygens (including phenoxy) is 1. The average Bonchev–Trinajstić information content (AvgIpc) is 2.20. The van der Waals surface area contributed by atoms with Crippen LogP contribution in [0.5, 0.6) is 0 Å². The van der Waals surface area contributed by atoms with Crippen molar-refractivity contribution >= 4 is 23.3 Å². The third-order valence-corrected chi connectivity index (χ3v) is 2.30. The van der Waals surface area contributed by atoms with Gasteiger partial charge in [0.25, 0.3) is 0 Å². The van der Waals surface area contributed by atoms with E-state index in [2.05, 4.69) is 4.74 Å². The summed E-state index contributed by atoms with van der Waals surface area (Å²) in [6.07, 6.45) is 0.875. The standard InChI is InChI=1S/C10H12ClNO2/c1-14-9(13)6-5-7-3-2-4-8(11)10(7)12/h2-4H,5-6,12H2,1H3. The molecule has 2 N–H and O–H groups in total. The molecule has 0 amide bonds. The fourth-order valence-corrected chi connectivity index (χ4v) is 1.33. The molecule has 0 unspecified atom stereocenters. The minimum Gasteiger partial charge on any atom is -0.469 e. The summed E-state index contributed by atoms with van der Waals surface area (Å²) in [5.41, 5.74) is 7.14. The van der Waals surface area contributed by atoms with Crippen LogP contribution in [0.2, 0.25) is 5.02 Å². The van der Waals surface area contributed by atoms with Gasteiger partial charge in [0.2, 0.25) is 0 Å². The van der Waals surface area contributed by atoms with Gasteiger partial charge in [0, 0.05) is 6.42 Å². The molecular weight excluding hydrogens is 202 g/mol. The SMILES string of the molecule is COC(=O)CCc1cccc(Cl)c1N. The number of carbonyl (C=O) groups excluding carboxylic acids is 1. The number of carbonyl (C=O) groups is 1. The summed E-state index contributed by atoms with van der Waals surface area (Å²) in [5, 5.41) is 0.521. The van der Waals surface area contributed by atoms with Crippen molar-refractivity contribution in [3.05, 3.63) is 28.8 Å². The quantitative estimate of drug-likeness (QED) is 0.618. The van der Waals surface area contributed by atoms with Crippen LogP contribution in [0, 0.1) is 0 Å². The number of halogens is 1. The summed E-state index contributed by atoms with van der Waals surface area (Å²) in [6.45, 7) is 0. The lowest BCUT2D eigenvalue weighted by molar-refractivity contribution is -0.140. The number of esters is 1. The molecule has 1 rings (SSSR count). The first kappa shape index (κ1) is 10.9. The van der Waals surface area contributed by atoms with E-state index in [4.69, 9.17) is 17.3 Å². The van der Waals surface area contributed by atoms with Gasteiger partial charge in [0.05, 0.1) is 17.8 Å². The van der Waals surface area contributed by atoms with E-state index >= 15 is 0 Å². The van der Waals surface area contributed by atoms with Gasteiger partial charge in [0.1, 0.15) is 0 Å². The van der Waals surface area contributed by atoms with Crippen LogP contribution in [-0.2, 0) is 16.0 Å². The van der Waals surface area contributed by atoms with Gasteiger partial charge in [-0.1, -0.05) is 23.7 Å². The maximum Gasteiger partial charge on any atom is 0.305 e. The highest BCUT2D eigenvalue weighted by molar-refractivity contribution is 6.33. The maximum absolute atomic E-state index is 10.9. The van der Waals surface area contributed by atoms with Crippen LogP contribution in [0.3, 0.4) is 0 Å². The first-order valence-corrected chi connectivity index (χ1v) is 4.62. The van der Waals surface area contributed by atoms with E-state index in [9.17, 15) is 4.79 Å². The van der Waals surface area contributed by atoms with E-state index < -0.39 is 0 Å². The van der Waals surface area contributed by atoms with Crippen molar-refractivity contribution in [2.75, 3.05) is 12.8 Å². The molecule has 0 bridgehead atoms. The summed E-state index contributed by atoms with van der Waals surface area (Å²) in [5.74, 6) is -0.246. The molecule has 0 aliphatic rings. The number of hydrogen-bond acceptors (Lipinski definition) is 3. The molecule has 1 aromatic rings. The van der Waals surface area contributed by atoms with Crippen molar-refractivity contribution < 1.29 is 9.53 Å². The number of hydrogen-bond donors (Lipinski definition) is 1. The Labute approximate surface area is 87.8 Å². The molecule has 0 fully saturated rings. The predicted molar refractivity (Wildman–Crippen MR) is 56.2 cm³/mol. The fraction of sp³-hybridized carbons (Fsp3) is 0.300. The Hall–Kier alpha value is -1.22.